The highest BCUT2D eigenvalue weighted by atomic mass is 16.8. The molecule has 3 rings (SSSR count). The number of nitrogens with one attached hydrogen (secondary N) is 1. The van der Waals surface area contributed by atoms with Gasteiger partial charge in [-0.3, -0.25) is 4.79 Å². The topological polar surface area (TPSA) is 113 Å². The van der Waals surface area contributed by atoms with E-state index >= 15 is 0 Å². The molecular formula is C24H35NO8. The quantitative estimate of drug-likeness (QED) is 0.603. The smallest absolute Gasteiger partial charge is 0.332 e. The molecule has 9 heteroatoms. The highest BCUT2D eigenvalue weighted by molar-refractivity contribution is 5.73. The third-order valence-electron chi connectivity index (χ3n) is 6.05. The number of benzene rings is 1. The predicted molar refractivity (Wildman–Crippen MR) is 119 cm³/mol. The highest BCUT2D eigenvalue weighted by Gasteiger charge is 2.54. The molecule has 33 heavy (non-hydrogen) atoms. The third-order valence-corrected chi connectivity index (χ3v) is 6.05. The Balaban J connectivity index is 1.89. The molecule has 184 valence electrons. The van der Waals surface area contributed by atoms with E-state index in [-0.39, 0.29) is 12.5 Å². The van der Waals surface area contributed by atoms with E-state index < -0.39 is 48.5 Å². The van der Waals surface area contributed by atoms with Gasteiger partial charge in [-0.15, -0.1) is 0 Å². The number of fused-ring (bicyclic) bond motifs is 1. The minimum absolute atomic E-state index is 0.207. The van der Waals surface area contributed by atoms with Crippen LogP contribution in [0, 0.1) is 0 Å². The zero-order chi connectivity index (χ0) is 24.3. The van der Waals surface area contributed by atoms with Gasteiger partial charge >= 0.3 is 5.97 Å². The summed E-state index contributed by atoms with van der Waals surface area (Å²) in [4.78, 5) is 23.6. The number of hydrogen-bond donors (Lipinski definition) is 2. The summed E-state index contributed by atoms with van der Waals surface area (Å²) in [5, 5.41) is 12.2. The summed E-state index contributed by atoms with van der Waals surface area (Å²) in [6, 6.07) is 6.90. The molecule has 1 aromatic rings. The Kier molecular flexibility index (Phi) is 8.00. The maximum Gasteiger partial charge on any atom is 0.332 e. The van der Waals surface area contributed by atoms with Crippen molar-refractivity contribution >= 4 is 11.9 Å². The summed E-state index contributed by atoms with van der Waals surface area (Å²) in [6.45, 7) is 10.8. The molecule has 2 aliphatic rings. The molecular weight excluding hydrogens is 430 g/mol. The second-order valence-electron chi connectivity index (χ2n) is 9.14. The van der Waals surface area contributed by atoms with E-state index in [2.05, 4.69) is 19.2 Å². The number of carboxylic acids is 1. The number of ether oxygens (including phenoxy) is 5. The van der Waals surface area contributed by atoms with Crippen molar-refractivity contribution in [1.29, 1.82) is 0 Å². The van der Waals surface area contributed by atoms with Crippen molar-refractivity contribution in [2.24, 2.45) is 0 Å². The Morgan fingerprint density at radius 3 is 2.48 bits per heavy atom. The van der Waals surface area contributed by atoms with Crippen LogP contribution in [0.4, 0.5) is 0 Å². The average molecular weight is 466 g/mol. The lowest BCUT2D eigenvalue weighted by Crippen LogP contribution is -2.70. The number of aliphatic carboxylic acids is 1. The first-order chi connectivity index (χ1) is 15.5. The van der Waals surface area contributed by atoms with Crippen LogP contribution in [0.5, 0.6) is 5.75 Å². The molecule has 7 unspecified atom stereocenters. The second-order valence-corrected chi connectivity index (χ2v) is 9.14. The van der Waals surface area contributed by atoms with Crippen LogP contribution in [0.3, 0.4) is 0 Å². The lowest BCUT2D eigenvalue weighted by atomic mass is 9.94. The fraction of sp³-hybridized carbons (Fsp3) is 0.667. The van der Waals surface area contributed by atoms with Crippen LogP contribution in [-0.2, 0) is 28.5 Å². The predicted octanol–water partition coefficient (Wildman–Crippen LogP) is 2.82. The van der Waals surface area contributed by atoms with Crippen LogP contribution in [0.2, 0.25) is 0 Å². The van der Waals surface area contributed by atoms with Gasteiger partial charge in [-0.05, 0) is 50.8 Å². The van der Waals surface area contributed by atoms with Gasteiger partial charge in [-0.25, -0.2) is 4.79 Å². The fourth-order valence-corrected chi connectivity index (χ4v) is 4.01. The van der Waals surface area contributed by atoms with E-state index in [4.69, 9.17) is 23.7 Å². The van der Waals surface area contributed by atoms with Crippen LogP contribution in [-0.4, -0.2) is 66.1 Å². The zero-order valence-corrected chi connectivity index (χ0v) is 20.1. The van der Waals surface area contributed by atoms with Gasteiger partial charge < -0.3 is 34.1 Å². The molecule has 7 atom stereocenters. The van der Waals surface area contributed by atoms with E-state index in [0.29, 0.717) is 11.7 Å². The number of carbonyl (C=O) groups excluding carboxylic acids is 1. The summed E-state index contributed by atoms with van der Waals surface area (Å²) in [5.41, 5.74) is 1.20. The lowest BCUT2D eigenvalue weighted by Gasteiger charge is -2.51. The maximum atomic E-state index is 12.1. The van der Waals surface area contributed by atoms with Crippen molar-refractivity contribution < 1.29 is 38.4 Å². The number of carboxylic acid groups (broad SMARTS) is 1. The Hall–Kier alpha value is -2.20. The van der Waals surface area contributed by atoms with Gasteiger partial charge in [0.1, 0.15) is 30.1 Å². The van der Waals surface area contributed by atoms with E-state index in [1.54, 1.807) is 13.8 Å². The summed E-state index contributed by atoms with van der Waals surface area (Å²) in [7, 11) is 0. The highest BCUT2D eigenvalue weighted by Crippen LogP contribution is 2.35. The minimum Gasteiger partial charge on any atom is -0.479 e. The molecule has 0 aliphatic carbocycles. The Bertz CT molecular complexity index is 826. The number of amides is 1. The molecule has 2 saturated heterocycles. The molecule has 0 spiro atoms. The van der Waals surface area contributed by atoms with Crippen molar-refractivity contribution in [1.82, 2.24) is 5.32 Å². The van der Waals surface area contributed by atoms with Gasteiger partial charge in [0.25, 0.3) is 0 Å². The van der Waals surface area contributed by atoms with Gasteiger partial charge in [0.15, 0.2) is 11.9 Å². The monoisotopic (exact) mass is 465 g/mol. The van der Waals surface area contributed by atoms with Gasteiger partial charge in [0.05, 0.1) is 6.61 Å². The van der Waals surface area contributed by atoms with E-state index in [0.717, 1.165) is 6.42 Å². The van der Waals surface area contributed by atoms with Crippen LogP contribution in [0.15, 0.2) is 24.3 Å². The lowest BCUT2D eigenvalue weighted by molar-refractivity contribution is -0.366. The first-order valence-corrected chi connectivity index (χ1v) is 11.4. The molecule has 2 aliphatic heterocycles. The number of rotatable bonds is 8. The molecule has 1 aromatic carbocycles. The molecule has 0 bridgehead atoms. The molecule has 0 aromatic heterocycles. The van der Waals surface area contributed by atoms with Crippen LogP contribution >= 0.6 is 0 Å². The molecule has 1 amide bonds. The van der Waals surface area contributed by atoms with Gasteiger partial charge in [-0.1, -0.05) is 26.0 Å². The molecule has 2 heterocycles. The first-order valence-electron chi connectivity index (χ1n) is 11.4. The molecule has 2 fully saturated rings. The van der Waals surface area contributed by atoms with Gasteiger partial charge in [-0.2, -0.15) is 0 Å². The third kappa shape index (κ3) is 6.23. The SMILES string of the molecule is CCC(C)c1ccc(OC2OC3COC(C)(C)OC3C(OC(C)C(=O)O)C2NC(C)=O)cc1. The Morgan fingerprint density at radius 2 is 1.91 bits per heavy atom. The first kappa shape index (κ1) is 25.4. The molecule has 2 N–H and O–H groups in total. The van der Waals surface area contributed by atoms with Crippen molar-refractivity contribution in [2.45, 2.75) is 96.4 Å². The summed E-state index contributed by atoms with van der Waals surface area (Å²) >= 11 is 0. The normalized spacial score (nSPS) is 30.5. The van der Waals surface area contributed by atoms with E-state index in [1.807, 2.05) is 24.3 Å². The molecule has 0 radical (unpaired) electrons. The summed E-state index contributed by atoms with van der Waals surface area (Å²) < 4.78 is 30.0. The molecule has 0 saturated carbocycles. The van der Waals surface area contributed by atoms with Crippen molar-refractivity contribution in [3.05, 3.63) is 29.8 Å². The van der Waals surface area contributed by atoms with Gasteiger partial charge in [0.2, 0.25) is 12.2 Å². The summed E-state index contributed by atoms with van der Waals surface area (Å²) in [6.07, 6.45) is -3.12. The number of carbonyl (C=O) groups is 2. The minimum atomic E-state index is -1.13. The van der Waals surface area contributed by atoms with E-state index in [9.17, 15) is 14.7 Å². The van der Waals surface area contributed by atoms with E-state index in [1.165, 1.54) is 19.4 Å². The zero-order valence-electron chi connectivity index (χ0n) is 20.1. The van der Waals surface area contributed by atoms with Crippen LogP contribution in [0.1, 0.15) is 59.4 Å². The van der Waals surface area contributed by atoms with Crippen LogP contribution in [0.25, 0.3) is 0 Å². The van der Waals surface area contributed by atoms with Crippen molar-refractivity contribution in [3.63, 3.8) is 0 Å². The van der Waals surface area contributed by atoms with Crippen LogP contribution < -0.4 is 10.1 Å². The largest absolute Gasteiger partial charge is 0.479 e. The maximum absolute atomic E-state index is 12.1. The Morgan fingerprint density at radius 1 is 1.24 bits per heavy atom. The van der Waals surface area contributed by atoms with Gasteiger partial charge in [0, 0.05) is 6.92 Å². The van der Waals surface area contributed by atoms with Crippen molar-refractivity contribution in [2.75, 3.05) is 6.61 Å². The Labute approximate surface area is 194 Å². The fourth-order valence-electron chi connectivity index (χ4n) is 4.01. The summed E-state index contributed by atoms with van der Waals surface area (Å²) in [5.74, 6) is -1.38. The van der Waals surface area contributed by atoms with Crippen molar-refractivity contribution in [3.8, 4) is 5.75 Å². The number of hydrogen-bond acceptors (Lipinski definition) is 7. The second kappa shape index (κ2) is 10.4. The molecule has 9 nitrogen and oxygen atoms in total. The standard InChI is InChI=1S/C24H35NO8/c1-7-13(2)16-8-10-17(11-9-16)31-23-19(25-15(4)26)21(30-14(3)22(27)28)20-18(32-23)12-29-24(5,6)33-20/h8-11,13-14,18-21,23H,7,12H2,1-6H3,(H,25,26)(H,27,28). The average Bonchev–Trinajstić information content (AvgIpc) is 2.75.